The number of Topliss-reactive ketones (excluding diaryl/α,β-unsaturated/α-hetero) is 2. The number of aromatic hydroxyl groups is 1. The summed E-state index contributed by atoms with van der Waals surface area (Å²) in [7, 11) is 6.84. The molecule has 43 heavy (non-hydrogen) atoms. The Bertz CT molecular complexity index is 1520. The third-order valence-electron chi connectivity index (χ3n) is 8.62. The lowest BCUT2D eigenvalue weighted by atomic mass is 9.58. The molecule has 0 bridgehead atoms. The van der Waals surface area contributed by atoms with Crippen LogP contribution < -0.4 is 16.0 Å². The van der Waals surface area contributed by atoms with Crippen LogP contribution in [0.15, 0.2) is 65.2 Å². The number of phenols is 1. The van der Waals surface area contributed by atoms with E-state index < -0.39 is 58.0 Å². The van der Waals surface area contributed by atoms with Crippen LogP contribution in [0.25, 0.3) is 0 Å². The minimum absolute atomic E-state index is 0.0147. The van der Waals surface area contributed by atoms with Gasteiger partial charge in [0.25, 0.3) is 5.91 Å². The molecule has 11 nitrogen and oxygen atoms in total. The van der Waals surface area contributed by atoms with E-state index >= 15 is 0 Å². The highest BCUT2D eigenvalue weighted by Gasteiger charge is 2.63. The van der Waals surface area contributed by atoms with Crippen LogP contribution in [0.2, 0.25) is 0 Å². The zero-order valence-corrected chi connectivity index (χ0v) is 25.1. The summed E-state index contributed by atoms with van der Waals surface area (Å²) in [6.07, 6.45) is 7.62. The lowest BCUT2D eigenvalue weighted by molar-refractivity contribution is -0.148. The van der Waals surface area contributed by atoms with Crippen molar-refractivity contribution in [3.8, 4) is 5.75 Å². The Hall–Kier alpha value is -4.19. The maximum Gasteiger partial charge on any atom is 0.255 e. The van der Waals surface area contributed by atoms with Crippen molar-refractivity contribution in [2.24, 2.45) is 17.6 Å². The molecule has 0 heterocycles. The smallest absolute Gasteiger partial charge is 0.255 e. The molecule has 230 valence electrons. The van der Waals surface area contributed by atoms with Gasteiger partial charge in [0, 0.05) is 49.9 Å². The molecule has 0 fully saturated rings. The lowest BCUT2D eigenvalue weighted by Gasteiger charge is -2.50. The Kier molecular flexibility index (Phi) is 8.73. The number of benzene rings is 1. The second kappa shape index (κ2) is 11.8. The SMILES string of the molecule is C=C/C=C(\C=C/C)CNCc1cc(N(C)C)c2c(c1O)C(=O)C1=C(O)[C@]3(O)C(=O)C(C(N)=O)=C(O)[C@@H](N(C)C)[C@@H]3C[C@@H]1C2. The Morgan fingerprint density at radius 1 is 1.21 bits per heavy atom. The number of anilines is 1. The molecule has 0 aliphatic heterocycles. The van der Waals surface area contributed by atoms with Gasteiger partial charge in [0.1, 0.15) is 22.8 Å². The van der Waals surface area contributed by atoms with Crippen molar-refractivity contribution in [3.63, 3.8) is 0 Å². The molecule has 0 unspecified atom stereocenters. The fraction of sp³-hybridized carbons (Fsp3) is 0.406. The number of primary amides is 1. The summed E-state index contributed by atoms with van der Waals surface area (Å²) in [5.41, 5.74) is 4.39. The van der Waals surface area contributed by atoms with Crippen LogP contribution in [-0.4, -0.2) is 89.2 Å². The number of likely N-dealkylation sites (N-methyl/N-ethyl adjacent to an activating group) is 1. The van der Waals surface area contributed by atoms with E-state index in [1.807, 2.05) is 50.2 Å². The molecular weight excluding hydrogens is 552 g/mol. The molecule has 0 saturated carbocycles. The van der Waals surface area contributed by atoms with Crippen molar-refractivity contribution < 1.29 is 34.8 Å². The number of aliphatic hydroxyl groups excluding tert-OH is 2. The maximum absolute atomic E-state index is 14.1. The molecule has 1 amide bonds. The standard InChI is InChI=1S/C32H40N4O7/c1-7-9-16(10-8-2)14-34-15-18-13-21(35(3)4)19-11-17-12-20-25(36(5)6)28(39)24(31(33)42)30(41)32(20,43)29(40)22(17)27(38)23(19)26(18)37/h7-10,13,17,20,25,34,37,39-40,43H,1,11-12,14-15H2,2-6H3,(H2,33,42)/b10-8-,16-9+/t17-,20-,25-,32-/m0/s1. The van der Waals surface area contributed by atoms with E-state index in [4.69, 9.17) is 5.73 Å². The number of fused-ring (bicyclic) bond motifs is 3. The van der Waals surface area contributed by atoms with Gasteiger partial charge in [0.2, 0.25) is 5.78 Å². The highest BCUT2D eigenvalue weighted by Crippen LogP contribution is 2.53. The van der Waals surface area contributed by atoms with Crippen molar-refractivity contribution in [3.05, 3.63) is 81.9 Å². The second-order valence-corrected chi connectivity index (χ2v) is 11.7. The first-order valence-corrected chi connectivity index (χ1v) is 14.1. The van der Waals surface area contributed by atoms with Crippen molar-refractivity contribution in [2.75, 3.05) is 39.6 Å². The summed E-state index contributed by atoms with van der Waals surface area (Å²) in [6.45, 7) is 6.32. The minimum Gasteiger partial charge on any atom is -0.510 e. The molecular formula is C32H40N4O7. The topological polar surface area (TPSA) is 177 Å². The number of rotatable bonds is 9. The summed E-state index contributed by atoms with van der Waals surface area (Å²) in [5, 5.41) is 49.0. The summed E-state index contributed by atoms with van der Waals surface area (Å²) in [4.78, 5) is 43.2. The Morgan fingerprint density at radius 3 is 2.44 bits per heavy atom. The van der Waals surface area contributed by atoms with Crippen LogP contribution in [0.1, 0.15) is 34.8 Å². The summed E-state index contributed by atoms with van der Waals surface area (Å²) in [6, 6.07) is 0.776. The Balaban J connectivity index is 1.84. The van der Waals surface area contributed by atoms with E-state index in [1.54, 1.807) is 20.2 Å². The third-order valence-corrected chi connectivity index (χ3v) is 8.62. The molecule has 0 aromatic heterocycles. The van der Waals surface area contributed by atoms with Crippen LogP contribution in [-0.2, 0) is 22.6 Å². The number of nitrogens with one attached hydrogen (secondary N) is 1. The number of nitrogens with two attached hydrogens (primary N) is 1. The normalized spacial score (nSPS) is 25.7. The highest BCUT2D eigenvalue weighted by molar-refractivity contribution is 6.25. The summed E-state index contributed by atoms with van der Waals surface area (Å²) in [5.74, 6) is -6.69. The van der Waals surface area contributed by atoms with Gasteiger partial charge in [-0.25, -0.2) is 0 Å². The summed E-state index contributed by atoms with van der Waals surface area (Å²) >= 11 is 0. The van der Waals surface area contributed by atoms with E-state index in [2.05, 4.69) is 11.9 Å². The van der Waals surface area contributed by atoms with Crippen LogP contribution in [0, 0.1) is 11.8 Å². The molecule has 0 spiro atoms. The molecule has 1 aromatic rings. The van der Waals surface area contributed by atoms with Crippen molar-refractivity contribution >= 4 is 23.2 Å². The van der Waals surface area contributed by atoms with Gasteiger partial charge in [-0.15, -0.1) is 0 Å². The number of amides is 1. The highest BCUT2D eigenvalue weighted by atomic mass is 16.3. The van der Waals surface area contributed by atoms with E-state index in [0.717, 1.165) is 5.57 Å². The first-order chi connectivity index (χ1) is 20.2. The fourth-order valence-electron chi connectivity index (χ4n) is 6.77. The molecule has 7 N–H and O–H groups in total. The number of carbonyl (C=O) groups is 3. The molecule has 1 aromatic carbocycles. The second-order valence-electron chi connectivity index (χ2n) is 11.7. The van der Waals surface area contributed by atoms with Crippen LogP contribution in [0.5, 0.6) is 5.75 Å². The average molecular weight is 593 g/mol. The van der Waals surface area contributed by atoms with E-state index in [0.29, 0.717) is 23.4 Å². The predicted octanol–water partition coefficient (Wildman–Crippen LogP) is 1.96. The van der Waals surface area contributed by atoms with Crippen LogP contribution in [0.3, 0.4) is 0 Å². The number of phenolic OH excluding ortho intramolecular Hbond substituents is 1. The van der Waals surface area contributed by atoms with E-state index in [-0.39, 0.29) is 36.3 Å². The number of carbonyl (C=O) groups excluding carboxylic acids is 3. The number of nitrogens with zero attached hydrogens (tertiary/aromatic N) is 2. The molecule has 4 atom stereocenters. The fourth-order valence-corrected chi connectivity index (χ4v) is 6.77. The number of hydrogen-bond donors (Lipinski definition) is 6. The number of hydrogen-bond acceptors (Lipinski definition) is 10. The Morgan fingerprint density at radius 2 is 1.88 bits per heavy atom. The predicted molar refractivity (Wildman–Crippen MR) is 163 cm³/mol. The monoisotopic (exact) mass is 592 g/mol. The Labute approximate surface area is 251 Å². The van der Waals surface area contributed by atoms with Gasteiger partial charge in [-0.3, -0.25) is 19.3 Å². The van der Waals surface area contributed by atoms with E-state index in [1.165, 1.54) is 4.90 Å². The van der Waals surface area contributed by atoms with Crippen molar-refractivity contribution in [1.29, 1.82) is 0 Å². The molecule has 0 radical (unpaired) electrons. The molecule has 3 aliphatic carbocycles. The minimum atomic E-state index is -2.68. The van der Waals surface area contributed by atoms with Gasteiger partial charge in [0.15, 0.2) is 11.4 Å². The zero-order chi connectivity index (χ0) is 32.0. The van der Waals surface area contributed by atoms with Gasteiger partial charge in [-0.1, -0.05) is 30.9 Å². The van der Waals surface area contributed by atoms with Crippen LogP contribution in [0.4, 0.5) is 5.69 Å². The maximum atomic E-state index is 14.1. The first-order valence-electron chi connectivity index (χ1n) is 14.1. The molecule has 0 saturated heterocycles. The molecule has 11 heteroatoms. The van der Waals surface area contributed by atoms with Gasteiger partial charge in [-0.05, 0) is 57.0 Å². The van der Waals surface area contributed by atoms with Crippen molar-refractivity contribution in [2.45, 2.75) is 38.0 Å². The van der Waals surface area contributed by atoms with Gasteiger partial charge >= 0.3 is 0 Å². The lowest BCUT2D eigenvalue weighted by Crippen LogP contribution is -2.63. The number of ketones is 2. The van der Waals surface area contributed by atoms with Crippen molar-refractivity contribution in [1.82, 2.24) is 10.2 Å². The number of allylic oxidation sites excluding steroid dienone is 4. The quantitative estimate of drug-likeness (QED) is 0.184. The largest absolute Gasteiger partial charge is 0.510 e. The summed E-state index contributed by atoms with van der Waals surface area (Å²) < 4.78 is 0. The van der Waals surface area contributed by atoms with Gasteiger partial charge in [0.05, 0.1) is 11.6 Å². The first kappa shape index (κ1) is 31.7. The third kappa shape index (κ3) is 5.07. The average Bonchev–Trinajstić information content (AvgIpc) is 2.91. The zero-order valence-electron chi connectivity index (χ0n) is 25.1. The van der Waals surface area contributed by atoms with Gasteiger partial charge in [-0.2, -0.15) is 0 Å². The molecule has 3 aliphatic rings. The number of aliphatic hydroxyl groups is 3. The van der Waals surface area contributed by atoms with Crippen LogP contribution >= 0.6 is 0 Å². The van der Waals surface area contributed by atoms with Gasteiger partial charge < -0.3 is 36.4 Å². The molecule has 4 rings (SSSR count). The van der Waals surface area contributed by atoms with E-state index in [9.17, 15) is 34.8 Å².